The summed E-state index contributed by atoms with van der Waals surface area (Å²) in [5, 5.41) is 17.1. The Labute approximate surface area is 119 Å². The van der Waals surface area contributed by atoms with E-state index in [-0.39, 0.29) is 6.61 Å². The number of nitrogens with zero attached hydrogens (tertiary/aromatic N) is 3. The fourth-order valence-electron chi connectivity index (χ4n) is 3.02. The lowest BCUT2D eigenvalue weighted by molar-refractivity contribution is 0.266. The Morgan fingerprint density at radius 2 is 2.40 bits per heavy atom. The third kappa shape index (κ3) is 2.64. The molecule has 2 aromatic heterocycles. The van der Waals surface area contributed by atoms with E-state index >= 15 is 0 Å². The molecule has 2 aromatic rings. The molecule has 5 nitrogen and oxygen atoms in total. The highest BCUT2D eigenvalue weighted by atomic mass is 16.3. The molecule has 1 unspecified atom stereocenters. The Kier molecular flexibility index (Phi) is 3.89. The molecule has 20 heavy (non-hydrogen) atoms. The first-order valence-electron chi connectivity index (χ1n) is 7.27. The van der Waals surface area contributed by atoms with Gasteiger partial charge in [0.1, 0.15) is 0 Å². The van der Waals surface area contributed by atoms with Crippen LogP contribution >= 0.6 is 0 Å². The van der Waals surface area contributed by atoms with E-state index in [9.17, 15) is 0 Å². The number of aliphatic hydroxyl groups is 1. The van der Waals surface area contributed by atoms with E-state index in [1.807, 2.05) is 17.9 Å². The molecule has 0 bridgehead atoms. The van der Waals surface area contributed by atoms with Crippen LogP contribution < -0.4 is 5.32 Å². The maximum absolute atomic E-state index is 9.08. The van der Waals surface area contributed by atoms with E-state index in [0.717, 1.165) is 19.4 Å². The highest BCUT2D eigenvalue weighted by Gasteiger charge is 2.23. The van der Waals surface area contributed by atoms with Gasteiger partial charge in [0.2, 0.25) is 0 Å². The van der Waals surface area contributed by atoms with Crippen LogP contribution in [0.1, 0.15) is 35.7 Å². The van der Waals surface area contributed by atoms with Gasteiger partial charge in [-0.2, -0.15) is 5.10 Å². The smallest absolute Gasteiger partial charge is 0.0644 e. The third-order valence-corrected chi connectivity index (χ3v) is 4.02. The summed E-state index contributed by atoms with van der Waals surface area (Å²) in [7, 11) is 2.04. The van der Waals surface area contributed by atoms with E-state index in [1.165, 1.54) is 23.2 Å². The van der Waals surface area contributed by atoms with Gasteiger partial charge in [0.15, 0.2) is 0 Å². The van der Waals surface area contributed by atoms with Crippen LogP contribution in [0.15, 0.2) is 24.7 Å². The molecule has 0 saturated heterocycles. The van der Waals surface area contributed by atoms with Crippen molar-refractivity contribution >= 4 is 0 Å². The second kappa shape index (κ2) is 5.81. The van der Waals surface area contributed by atoms with Gasteiger partial charge in [-0.15, -0.1) is 0 Å². The zero-order chi connectivity index (χ0) is 13.9. The normalized spacial score (nSPS) is 18.2. The van der Waals surface area contributed by atoms with E-state index < -0.39 is 0 Å². The Bertz CT molecular complexity index is 572. The number of aromatic nitrogens is 3. The molecule has 1 aliphatic rings. The van der Waals surface area contributed by atoms with Crippen LogP contribution in [0, 0.1) is 0 Å². The molecule has 0 fully saturated rings. The van der Waals surface area contributed by atoms with Gasteiger partial charge in [0.25, 0.3) is 0 Å². The van der Waals surface area contributed by atoms with Gasteiger partial charge < -0.3 is 15.0 Å². The molecule has 3 rings (SSSR count). The number of nitrogens with one attached hydrogen (secondary N) is 1. The molecule has 0 radical (unpaired) electrons. The van der Waals surface area contributed by atoms with Gasteiger partial charge in [-0.3, -0.25) is 4.68 Å². The van der Waals surface area contributed by atoms with Crippen LogP contribution in [-0.2, 0) is 26.6 Å². The van der Waals surface area contributed by atoms with Gasteiger partial charge in [-0.05, 0) is 30.9 Å². The first kappa shape index (κ1) is 13.4. The van der Waals surface area contributed by atoms with E-state index in [4.69, 9.17) is 5.11 Å². The summed E-state index contributed by atoms with van der Waals surface area (Å²) in [5.41, 5.74) is 3.90. The zero-order valence-electron chi connectivity index (χ0n) is 11.9. The lowest BCUT2D eigenvalue weighted by atomic mass is 9.93. The molecule has 108 valence electrons. The van der Waals surface area contributed by atoms with Crippen LogP contribution in [0.5, 0.6) is 0 Å². The first-order valence-corrected chi connectivity index (χ1v) is 7.27. The summed E-state index contributed by atoms with van der Waals surface area (Å²) in [6.07, 6.45) is 9.58. The summed E-state index contributed by atoms with van der Waals surface area (Å²) in [4.78, 5) is 0. The lowest BCUT2D eigenvalue weighted by Crippen LogP contribution is -2.25. The quantitative estimate of drug-likeness (QED) is 0.866. The van der Waals surface area contributed by atoms with Crippen molar-refractivity contribution in [1.82, 2.24) is 19.7 Å². The van der Waals surface area contributed by atoms with Crippen molar-refractivity contribution in [3.63, 3.8) is 0 Å². The predicted octanol–water partition coefficient (Wildman–Crippen LogP) is 1.38. The number of rotatable bonds is 5. The SMILES string of the molecule is Cn1ccc(CNC2CCCc3c2cnn3CCO)c1. The predicted molar refractivity (Wildman–Crippen MR) is 77.2 cm³/mol. The fourth-order valence-corrected chi connectivity index (χ4v) is 3.02. The van der Waals surface area contributed by atoms with Gasteiger partial charge in [0.05, 0.1) is 19.3 Å². The summed E-state index contributed by atoms with van der Waals surface area (Å²) in [5.74, 6) is 0. The van der Waals surface area contributed by atoms with Crippen molar-refractivity contribution in [2.75, 3.05) is 6.61 Å². The van der Waals surface area contributed by atoms with E-state index in [0.29, 0.717) is 12.6 Å². The molecule has 0 aliphatic heterocycles. The summed E-state index contributed by atoms with van der Waals surface area (Å²) < 4.78 is 4.02. The maximum Gasteiger partial charge on any atom is 0.0644 e. The molecule has 0 aromatic carbocycles. The third-order valence-electron chi connectivity index (χ3n) is 4.02. The van der Waals surface area contributed by atoms with E-state index in [1.54, 1.807) is 0 Å². The Morgan fingerprint density at radius 1 is 1.50 bits per heavy atom. The molecule has 1 atom stereocenters. The van der Waals surface area contributed by atoms with Crippen molar-refractivity contribution in [3.8, 4) is 0 Å². The van der Waals surface area contributed by atoms with Crippen LogP contribution in [0.3, 0.4) is 0 Å². The minimum Gasteiger partial charge on any atom is -0.394 e. The Balaban J connectivity index is 1.70. The summed E-state index contributed by atoms with van der Waals surface area (Å²) >= 11 is 0. The summed E-state index contributed by atoms with van der Waals surface area (Å²) in [6.45, 7) is 1.63. The largest absolute Gasteiger partial charge is 0.394 e. The second-order valence-corrected chi connectivity index (χ2v) is 5.50. The van der Waals surface area contributed by atoms with Crippen molar-refractivity contribution in [2.45, 2.75) is 38.4 Å². The highest BCUT2D eigenvalue weighted by Crippen LogP contribution is 2.29. The maximum atomic E-state index is 9.08. The Morgan fingerprint density at radius 3 is 3.15 bits per heavy atom. The average Bonchev–Trinajstić information content (AvgIpc) is 3.04. The van der Waals surface area contributed by atoms with Crippen LogP contribution in [0.25, 0.3) is 0 Å². The molecule has 2 N–H and O–H groups in total. The monoisotopic (exact) mass is 274 g/mol. The van der Waals surface area contributed by atoms with Crippen molar-refractivity contribution in [2.24, 2.45) is 7.05 Å². The number of fused-ring (bicyclic) bond motifs is 1. The van der Waals surface area contributed by atoms with Crippen LogP contribution in [0.4, 0.5) is 0 Å². The minimum absolute atomic E-state index is 0.149. The van der Waals surface area contributed by atoms with Gasteiger partial charge in [0, 0.05) is 43.3 Å². The molecule has 2 heterocycles. The molecule has 5 heteroatoms. The van der Waals surface area contributed by atoms with Crippen molar-refractivity contribution in [1.29, 1.82) is 0 Å². The number of hydrogen-bond acceptors (Lipinski definition) is 3. The van der Waals surface area contributed by atoms with Crippen LogP contribution in [0.2, 0.25) is 0 Å². The standard InChI is InChI=1S/C15H22N4O/c1-18-6-5-12(11-18)9-16-14-3-2-4-15-13(14)10-17-19(15)7-8-20/h5-6,10-11,14,16,20H,2-4,7-9H2,1H3. The molecule has 0 amide bonds. The average molecular weight is 274 g/mol. The van der Waals surface area contributed by atoms with Gasteiger partial charge in [-0.25, -0.2) is 0 Å². The van der Waals surface area contributed by atoms with Gasteiger partial charge in [-0.1, -0.05) is 0 Å². The topological polar surface area (TPSA) is 55.0 Å². The molecule has 0 spiro atoms. The van der Waals surface area contributed by atoms with Crippen molar-refractivity contribution in [3.05, 3.63) is 41.5 Å². The second-order valence-electron chi connectivity index (χ2n) is 5.50. The summed E-state index contributed by atoms with van der Waals surface area (Å²) in [6, 6.07) is 2.53. The minimum atomic E-state index is 0.149. The van der Waals surface area contributed by atoms with Crippen LogP contribution in [-0.4, -0.2) is 26.1 Å². The highest BCUT2D eigenvalue weighted by molar-refractivity contribution is 5.25. The van der Waals surface area contributed by atoms with E-state index in [2.05, 4.69) is 33.4 Å². The molecular weight excluding hydrogens is 252 g/mol. The zero-order valence-corrected chi connectivity index (χ0v) is 11.9. The molecule has 0 saturated carbocycles. The number of aliphatic hydroxyl groups excluding tert-OH is 1. The molecular formula is C15H22N4O. The van der Waals surface area contributed by atoms with Crippen molar-refractivity contribution < 1.29 is 5.11 Å². The van der Waals surface area contributed by atoms with Gasteiger partial charge >= 0.3 is 0 Å². The first-order chi connectivity index (χ1) is 9.78. The lowest BCUT2D eigenvalue weighted by Gasteiger charge is -2.24. The Hall–Kier alpha value is -1.59. The molecule has 1 aliphatic carbocycles. The fraction of sp³-hybridized carbons (Fsp3) is 0.533. The number of aryl methyl sites for hydroxylation is 1. The number of hydrogen-bond donors (Lipinski definition) is 2.